The molecule has 0 radical (unpaired) electrons. The van der Waals surface area contributed by atoms with Crippen molar-refractivity contribution < 1.29 is 5.11 Å². The van der Waals surface area contributed by atoms with Gasteiger partial charge in [0, 0.05) is 12.2 Å². The van der Waals surface area contributed by atoms with Gasteiger partial charge in [-0.15, -0.1) is 0 Å². The molecule has 5 nitrogen and oxygen atoms in total. The summed E-state index contributed by atoms with van der Waals surface area (Å²) in [6, 6.07) is 17.5. The van der Waals surface area contributed by atoms with Crippen LogP contribution >= 0.6 is 0 Å². The summed E-state index contributed by atoms with van der Waals surface area (Å²) in [6.45, 7) is 2.07. The molecule has 0 bridgehead atoms. The lowest BCUT2D eigenvalue weighted by Gasteiger charge is -2.13. The summed E-state index contributed by atoms with van der Waals surface area (Å²) in [5.41, 5.74) is 1.84. The van der Waals surface area contributed by atoms with Crippen molar-refractivity contribution in [3.05, 3.63) is 65.5 Å². The maximum atomic E-state index is 10.4. The van der Waals surface area contributed by atoms with Crippen molar-refractivity contribution in [1.82, 2.24) is 9.97 Å². The van der Waals surface area contributed by atoms with E-state index in [1.165, 1.54) is 0 Å². The molecular weight excluding hydrogens is 288 g/mol. The minimum Gasteiger partial charge on any atom is -0.387 e. The van der Waals surface area contributed by atoms with E-state index in [4.69, 9.17) is 5.26 Å². The van der Waals surface area contributed by atoms with Crippen LogP contribution in [0.5, 0.6) is 0 Å². The SMILES string of the molecule is Cc1cc(C#N)nc(NCC(O)c2ccc3ccccc3c2)n1. The lowest BCUT2D eigenvalue weighted by Crippen LogP contribution is -2.14. The molecule has 1 atom stereocenters. The summed E-state index contributed by atoms with van der Waals surface area (Å²) in [5.74, 6) is 0.349. The smallest absolute Gasteiger partial charge is 0.224 e. The normalized spacial score (nSPS) is 11.9. The van der Waals surface area contributed by atoms with Gasteiger partial charge in [0.15, 0.2) is 0 Å². The number of nitrogens with zero attached hydrogens (tertiary/aromatic N) is 3. The van der Waals surface area contributed by atoms with Gasteiger partial charge in [-0.3, -0.25) is 0 Å². The average Bonchev–Trinajstić information content (AvgIpc) is 2.58. The van der Waals surface area contributed by atoms with Crippen molar-refractivity contribution in [2.45, 2.75) is 13.0 Å². The predicted octanol–water partition coefficient (Wildman–Crippen LogP) is 2.96. The third-order valence-electron chi connectivity index (χ3n) is 3.58. The lowest BCUT2D eigenvalue weighted by atomic mass is 10.0. The molecule has 0 spiro atoms. The maximum absolute atomic E-state index is 10.4. The number of hydrogen-bond acceptors (Lipinski definition) is 5. The Morgan fingerprint density at radius 3 is 2.70 bits per heavy atom. The van der Waals surface area contributed by atoms with Gasteiger partial charge in [0.1, 0.15) is 11.8 Å². The molecule has 1 aromatic heterocycles. The van der Waals surface area contributed by atoms with E-state index < -0.39 is 6.10 Å². The number of anilines is 1. The number of aliphatic hydroxyl groups excluding tert-OH is 1. The minimum atomic E-state index is -0.686. The van der Waals surface area contributed by atoms with E-state index in [9.17, 15) is 5.11 Å². The number of hydrogen-bond donors (Lipinski definition) is 2. The van der Waals surface area contributed by atoms with Gasteiger partial charge in [-0.2, -0.15) is 5.26 Å². The first kappa shape index (κ1) is 14.9. The van der Waals surface area contributed by atoms with E-state index >= 15 is 0 Å². The van der Waals surface area contributed by atoms with Gasteiger partial charge >= 0.3 is 0 Å². The zero-order valence-corrected chi connectivity index (χ0v) is 12.7. The number of aliphatic hydroxyl groups is 1. The molecule has 5 heteroatoms. The summed E-state index contributed by atoms with van der Waals surface area (Å²) < 4.78 is 0. The van der Waals surface area contributed by atoms with Gasteiger partial charge in [0.05, 0.1) is 6.10 Å². The molecule has 0 fully saturated rings. The van der Waals surface area contributed by atoms with Crippen molar-refractivity contribution in [2.75, 3.05) is 11.9 Å². The van der Waals surface area contributed by atoms with Crippen LogP contribution in [-0.2, 0) is 0 Å². The Morgan fingerprint density at radius 1 is 1.13 bits per heavy atom. The van der Waals surface area contributed by atoms with Crippen molar-refractivity contribution in [2.24, 2.45) is 0 Å². The highest BCUT2D eigenvalue weighted by Gasteiger charge is 2.09. The summed E-state index contributed by atoms with van der Waals surface area (Å²) in [5, 5.41) is 24.5. The summed E-state index contributed by atoms with van der Waals surface area (Å²) in [4.78, 5) is 8.29. The number of fused-ring (bicyclic) bond motifs is 1. The zero-order chi connectivity index (χ0) is 16.2. The number of aromatic nitrogens is 2. The standard InChI is InChI=1S/C18H16N4O/c1-12-8-16(10-19)22-18(21-12)20-11-17(23)15-7-6-13-4-2-3-5-14(13)9-15/h2-9,17,23H,11H2,1H3,(H,20,21,22). The van der Waals surface area contributed by atoms with Crippen LogP contribution in [-0.4, -0.2) is 21.6 Å². The highest BCUT2D eigenvalue weighted by atomic mass is 16.3. The average molecular weight is 304 g/mol. The first-order chi connectivity index (χ1) is 11.2. The molecule has 0 saturated heterocycles. The number of aryl methyl sites for hydroxylation is 1. The number of benzene rings is 2. The molecule has 0 aliphatic carbocycles. The quantitative estimate of drug-likeness (QED) is 0.774. The second-order valence-electron chi connectivity index (χ2n) is 5.33. The molecule has 0 aliphatic rings. The van der Waals surface area contributed by atoms with Crippen LogP contribution < -0.4 is 5.32 Å². The second-order valence-corrected chi connectivity index (χ2v) is 5.33. The fourth-order valence-electron chi connectivity index (χ4n) is 2.43. The Kier molecular flexibility index (Phi) is 4.18. The maximum Gasteiger partial charge on any atom is 0.224 e. The van der Waals surface area contributed by atoms with Crippen LogP contribution in [0.25, 0.3) is 10.8 Å². The predicted molar refractivity (Wildman–Crippen MR) is 88.9 cm³/mol. The van der Waals surface area contributed by atoms with Crippen molar-refractivity contribution in [3.63, 3.8) is 0 Å². The first-order valence-electron chi connectivity index (χ1n) is 7.32. The van der Waals surface area contributed by atoms with Crippen LogP contribution in [0.15, 0.2) is 48.5 Å². The van der Waals surface area contributed by atoms with Gasteiger partial charge < -0.3 is 10.4 Å². The molecule has 0 aliphatic heterocycles. The van der Waals surface area contributed by atoms with E-state index in [0.717, 1.165) is 16.3 Å². The van der Waals surface area contributed by atoms with Crippen LogP contribution in [0.2, 0.25) is 0 Å². The number of nitrogens with one attached hydrogen (secondary N) is 1. The summed E-state index contributed by atoms with van der Waals surface area (Å²) >= 11 is 0. The summed E-state index contributed by atoms with van der Waals surface area (Å²) in [6.07, 6.45) is -0.686. The van der Waals surface area contributed by atoms with Crippen molar-refractivity contribution >= 4 is 16.7 Å². The van der Waals surface area contributed by atoms with Crippen molar-refractivity contribution in [3.8, 4) is 6.07 Å². The van der Waals surface area contributed by atoms with Gasteiger partial charge in [0.25, 0.3) is 0 Å². The minimum absolute atomic E-state index is 0.270. The first-order valence-corrected chi connectivity index (χ1v) is 7.32. The molecule has 3 aromatic rings. The van der Waals surface area contributed by atoms with E-state index in [2.05, 4.69) is 15.3 Å². The molecule has 2 aromatic carbocycles. The molecular formula is C18H16N4O. The Hall–Kier alpha value is -2.97. The highest BCUT2D eigenvalue weighted by molar-refractivity contribution is 5.83. The van der Waals surface area contributed by atoms with Gasteiger partial charge in [-0.1, -0.05) is 36.4 Å². The van der Waals surface area contributed by atoms with E-state index in [1.54, 1.807) is 13.0 Å². The monoisotopic (exact) mass is 304 g/mol. The third kappa shape index (κ3) is 3.44. The van der Waals surface area contributed by atoms with Crippen molar-refractivity contribution in [1.29, 1.82) is 5.26 Å². The van der Waals surface area contributed by atoms with Gasteiger partial charge in [-0.25, -0.2) is 9.97 Å². The molecule has 1 unspecified atom stereocenters. The second kappa shape index (κ2) is 6.42. The molecule has 2 N–H and O–H groups in total. The number of rotatable bonds is 4. The molecule has 0 saturated carbocycles. The van der Waals surface area contributed by atoms with Crippen LogP contribution in [0.1, 0.15) is 23.1 Å². The van der Waals surface area contributed by atoms with Gasteiger partial charge in [0.2, 0.25) is 5.95 Å². The lowest BCUT2D eigenvalue weighted by molar-refractivity contribution is 0.191. The highest BCUT2D eigenvalue weighted by Crippen LogP contribution is 2.20. The van der Waals surface area contributed by atoms with E-state index in [-0.39, 0.29) is 6.54 Å². The Labute approximate surface area is 134 Å². The molecule has 114 valence electrons. The largest absolute Gasteiger partial charge is 0.387 e. The van der Waals surface area contributed by atoms with Crippen LogP contribution in [0.3, 0.4) is 0 Å². The zero-order valence-electron chi connectivity index (χ0n) is 12.7. The topological polar surface area (TPSA) is 81.8 Å². The van der Waals surface area contributed by atoms with Crippen LogP contribution in [0, 0.1) is 18.3 Å². The van der Waals surface area contributed by atoms with Gasteiger partial charge in [-0.05, 0) is 35.4 Å². The Morgan fingerprint density at radius 2 is 1.91 bits per heavy atom. The number of nitriles is 1. The summed E-state index contributed by atoms with van der Waals surface area (Å²) in [7, 11) is 0. The van der Waals surface area contributed by atoms with Crippen LogP contribution in [0.4, 0.5) is 5.95 Å². The fourth-order valence-corrected chi connectivity index (χ4v) is 2.43. The fraction of sp³-hybridized carbons (Fsp3) is 0.167. The molecule has 0 amide bonds. The van der Waals surface area contributed by atoms with E-state index in [1.807, 2.05) is 48.5 Å². The third-order valence-corrected chi connectivity index (χ3v) is 3.58. The molecule has 1 heterocycles. The molecule has 23 heavy (non-hydrogen) atoms. The Balaban J connectivity index is 1.74. The van der Waals surface area contributed by atoms with E-state index in [0.29, 0.717) is 17.3 Å². The molecule has 3 rings (SSSR count). The Bertz CT molecular complexity index is 886.